The van der Waals surface area contributed by atoms with Crippen LogP contribution in [0.2, 0.25) is 0 Å². The van der Waals surface area contributed by atoms with E-state index < -0.39 is 22.3 Å². The zero-order chi connectivity index (χ0) is 15.2. The minimum atomic E-state index is -0.864. The Morgan fingerprint density at radius 3 is 2.62 bits per heavy atom. The predicted octanol–water partition coefficient (Wildman–Crippen LogP) is 2.60. The van der Waals surface area contributed by atoms with Gasteiger partial charge in [-0.25, -0.2) is 9.87 Å². The average molecular weight is 290 g/mol. The Balaban J connectivity index is 1.99. The third-order valence-corrected chi connectivity index (χ3v) is 2.60. The van der Waals surface area contributed by atoms with E-state index in [0.717, 1.165) is 23.8 Å². The summed E-state index contributed by atoms with van der Waals surface area (Å²) in [5.41, 5.74) is 2.27. The molecular formula is C14H11FN2O4. The molecule has 0 unspecified atom stereocenters. The SMILES string of the molecule is O=C(NOCc1ccccc1)c1cc(F)cc([N+](=O)[O-])c1. The Hall–Kier alpha value is -2.80. The summed E-state index contributed by atoms with van der Waals surface area (Å²) in [4.78, 5) is 26.6. The van der Waals surface area contributed by atoms with Gasteiger partial charge in [0.2, 0.25) is 0 Å². The van der Waals surface area contributed by atoms with E-state index in [-0.39, 0.29) is 12.2 Å². The molecule has 2 aromatic carbocycles. The van der Waals surface area contributed by atoms with Crippen LogP contribution in [0.4, 0.5) is 10.1 Å². The van der Waals surface area contributed by atoms with Crippen molar-refractivity contribution in [3.8, 4) is 0 Å². The summed E-state index contributed by atoms with van der Waals surface area (Å²) in [5, 5.41) is 10.6. The number of carbonyl (C=O) groups excluding carboxylic acids is 1. The number of nitro benzene ring substituents is 1. The molecule has 0 aliphatic heterocycles. The number of halogens is 1. The molecule has 7 heteroatoms. The van der Waals surface area contributed by atoms with Crippen LogP contribution >= 0.6 is 0 Å². The average Bonchev–Trinajstić information content (AvgIpc) is 2.47. The van der Waals surface area contributed by atoms with E-state index in [1.807, 2.05) is 18.2 Å². The van der Waals surface area contributed by atoms with Gasteiger partial charge in [-0.05, 0) is 11.6 Å². The van der Waals surface area contributed by atoms with Crippen molar-refractivity contribution in [2.45, 2.75) is 6.61 Å². The van der Waals surface area contributed by atoms with Gasteiger partial charge in [-0.1, -0.05) is 30.3 Å². The van der Waals surface area contributed by atoms with E-state index in [2.05, 4.69) is 5.48 Å². The fourth-order valence-corrected chi connectivity index (χ4v) is 1.63. The molecule has 0 aliphatic carbocycles. The van der Waals surface area contributed by atoms with E-state index >= 15 is 0 Å². The van der Waals surface area contributed by atoms with Gasteiger partial charge in [-0.3, -0.25) is 19.7 Å². The zero-order valence-corrected chi connectivity index (χ0v) is 10.8. The molecule has 2 rings (SSSR count). The predicted molar refractivity (Wildman–Crippen MR) is 71.8 cm³/mol. The number of hydrogen-bond donors (Lipinski definition) is 1. The normalized spacial score (nSPS) is 10.1. The molecule has 1 N–H and O–H groups in total. The number of nitro groups is 1. The van der Waals surface area contributed by atoms with Gasteiger partial charge in [0.25, 0.3) is 11.6 Å². The van der Waals surface area contributed by atoms with Crippen LogP contribution in [-0.4, -0.2) is 10.8 Å². The Bertz CT molecular complexity index is 661. The summed E-state index contributed by atoms with van der Waals surface area (Å²) in [5.74, 6) is -1.62. The number of benzene rings is 2. The molecule has 0 saturated heterocycles. The summed E-state index contributed by atoms with van der Waals surface area (Å²) in [7, 11) is 0. The highest BCUT2D eigenvalue weighted by Gasteiger charge is 2.14. The lowest BCUT2D eigenvalue weighted by atomic mass is 10.2. The molecule has 108 valence electrons. The maximum Gasteiger partial charge on any atom is 0.275 e. The Morgan fingerprint density at radius 1 is 1.24 bits per heavy atom. The number of hydroxylamine groups is 1. The molecular weight excluding hydrogens is 279 g/mol. The summed E-state index contributed by atoms with van der Waals surface area (Å²) < 4.78 is 13.2. The number of non-ortho nitro benzene ring substituents is 1. The van der Waals surface area contributed by atoms with Crippen LogP contribution in [-0.2, 0) is 11.4 Å². The third kappa shape index (κ3) is 4.08. The molecule has 0 aliphatic rings. The Kier molecular flexibility index (Phi) is 4.57. The second-order valence-electron chi connectivity index (χ2n) is 4.16. The Morgan fingerprint density at radius 2 is 1.95 bits per heavy atom. The fraction of sp³-hybridized carbons (Fsp3) is 0.0714. The molecule has 0 fully saturated rings. The maximum absolute atomic E-state index is 13.2. The minimum absolute atomic E-state index is 0.129. The van der Waals surface area contributed by atoms with Crippen LogP contribution in [0.15, 0.2) is 48.5 Å². The fourth-order valence-electron chi connectivity index (χ4n) is 1.63. The largest absolute Gasteiger partial charge is 0.275 e. The first-order chi connectivity index (χ1) is 10.1. The van der Waals surface area contributed by atoms with Gasteiger partial charge in [0.15, 0.2) is 0 Å². The first-order valence-corrected chi connectivity index (χ1v) is 5.97. The van der Waals surface area contributed by atoms with Crippen molar-refractivity contribution in [1.29, 1.82) is 0 Å². The van der Waals surface area contributed by atoms with Crippen LogP contribution in [0.1, 0.15) is 15.9 Å². The van der Waals surface area contributed by atoms with E-state index in [1.54, 1.807) is 12.1 Å². The summed E-state index contributed by atoms with van der Waals surface area (Å²) in [6.07, 6.45) is 0. The lowest BCUT2D eigenvalue weighted by molar-refractivity contribution is -0.385. The van der Waals surface area contributed by atoms with Crippen LogP contribution in [0.3, 0.4) is 0 Å². The lowest BCUT2D eigenvalue weighted by Gasteiger charge is -2.06. The molecule has 0 bridgehead atoms. The summed E-state index contributed by atoms with van der Waals surface area (Å²) >= 11 is 0. The van der Waals surface area contributed by atoms with Crippen molar-refractivity contribution in [2.24, 2.45) is 0 Å². The van der Waals surface area contributed by atoms with Gasteiger partial charge in [0, 0.05) is 6.07 Å². The quantitative estimate of drug-likeness (QED) is 0.678. The minimum Gasteiger partial charge on any atom is -0.269 e. The van der Waals surface area contributed by atoms with Crippen LogP contribution in [0.25, 0.3) is 0 Å². The highest BCUT2D eigenvalue weighted by molar-refractivity contribution is 5.94. The number of amides is 1. The topological polar surface area (TPSA) is 81.5 Å². The molecule has 0 radical (unpaired) electrons. The van der Waals surface area contributed by atoms with Crippen molar-refractivity contribution in [2.75, 3.05) is 0 Å². The van der Waals surface area contributed by atoms with Crippen LogP contribution in [0.5, 0.6) is 0 Å². The molecule has 0 spiro atoms. The molecule has 2 aromatic rings. The molecule has 0 heterocycles. The summed E-state index contributed by atoms with van der Waals surface area (Å²) in [6.45, 7) is 0.129. The van der Waals surface area contributed by atoms with Crippen molar-refractivity contribution in [3.63, 3.8) is 0 Å². The van der Waals surface area contributed by atoms with Gasteiger partial charge in [-0.15, -0.1) is 0 Å². The maximum atomic E-state index is 13.2. The van der Waals surface area contributed by atoms with E-state index in [9.17, 15) is 19.3 Å². The monoisotopic (exact) mass is 290 g/mol. The molecule has 0 aromatic heterocycles. The molecule has 0 atom stereocenters. The van der Waals surface area contributed by atoms with Gasteiger partial charge in [0.05, 0.1) is 23.2 Å². The number of nitrogens with zero attached hydrogens (tertiary/aromatic N) is 1. The van der Waals surface area contributed by atoms with E-state index in [4.69, 9.17) is 4.84 Å². The summed E-state index contributed by atoms with van der Waals surface area (Å²) in [6, 6.07) is 11.7. The van der Waals surface area contributed by atoms with E-state index in [1.165, 1.54) is 0 Å². The second-order valence-corrected chi connectivity index (χ2v) is 4.16. The van der Waals surface area contributed by atoms with Crippen molar-refractivity contribution < 1.29 is 18.9 Å². The van der Waals surface area contributed by atoms with E-state index in [0.29, 0.717) is 0 Å². The Labute approximate surface area is 119 Å². The number of rotatable bonds is 5. The highest BCUT2D eigenvalue weighted by Crippen LogP contribution is 2.16. The van der Waals surface area contributed by atoms with Gasteiger partial charge in [-0.2, -0.15) is 0 Å². The molecule has 1 amide bonds. The van der Waals surface area contributed by atoms with Crippen LogP contribution in [0, 0.1) is 15.9 Å². The molecule has 0 saturated carbocycles. The zero-order valence-electron chi connectivity index (χ0n) is 10.8. The van der Waals surface area contributed by atoms with Crippen molar-refractivity contribution >= 4 is 11.6 Å². The number of carbonyl (C=O) groups is 1. The lowest BCUT2D eigenvalue weighted by Crippen LogP contribution is -2.23. The van der Waals surface area contributed by atoms with Crippen molar-refractivity contribution in [3.05, 3.63) is 75.6 Å². The third-order valence-electron chi connectivity index (χ3n) is 2.60. The standard InChI is InChI=1S/C14H11FN2O4/c15-12-6-11(7-13(8-12)17(19)20)14(18)16-21-9-10-4-2-1-3-5-10/h1-8H,9H2,(H,16,18). The first kappa shape index (κ1) is 14.6. The van der Waals surface area contributed by atoms with Crippen LogP contribution < -0.4 is 5.48 Å². The number of nitrogens with one attached hydrogen (secondary N) is 1. The van der Waals surface area contributed by atoms with Gasteiger partial charge < -0.3 is 0 Å². The van der Waals surface area contributed by atoms with Gasteiger partial charge >= 0.3 is 0 Å². The highest BCUT2D eigenvalue weighted by atomic mass is 19.1. The molecule has 21 heavy (non-hydrogen) atoms. The molecule has 6 nitrogen and oxygen atoms in total. The van der Waals surface area contributed by atoms with Crippen molar-refractivity contribution in [1.82, 2.24) is 5.48 Å². The number of hydrogen-bond acceptors (Lipinski definition) is 4. The first-order valence-electron chi connectivity index (χ1n) is 5.97. The second kappa shape index (κ2) is 6.58. The smallest absolute Gasteiger partial charge is 0.269 e. The van der Waals surface area contributed by atoms with Gasteiger partial charge in [0.1, 0.15) is 5.82 Å².